The van der Waals surface area contributed by atoms with E-state index >= 15 is 0 Å². The van der Waals surface area contributed by atoms with E-state index in [1.54, 1.807) is 0 Å². The fourth-order valence-corrected chi connectivity index (χ4v) is 1.99. The molecule has 0 spiro atoms. The van der Waals surface area contributed by atoms with Crippen LogP contribution in [0.15, 0.2) is 10.5 Å². The standard InChI is InChI=1S/C10H10BrF2NO/c11-6-3-5(9(14)4-1-2-4)10(15)8(13)7(6)12/h3-4,9,15H,1-2,14H2/t9-/m1/s1. The van der Waals surface area contributed by atoms with Gasteiger partial charge in [0.15, 0.2) is 11.6 Å². The average Bonchev–Trinajstić information content (AvgIpc) is 3.03. The summed E-state index contributed by atoms with van der Waals surface area (Å²) >= 11 is 2.89. The van der Waals surface area contributed by atoms with Crippen LogP contribution in [0.4, 0.5) is 8.78 Å². The van der Waals surface area contributed by atoms with E-state index in [-0.39, 0.29) is 16.0 Å². The van der Waals surface area contributed by atoms with E-state index in [0.717, 1.165) is 12.8 Å². The highest BCUT2D eigenvalue weighted by Gasteiger charge is 2.32. The van der Waals surface area contributed by atoms with Crippen LogP contribution in [0.3, 0.4) is 0 Å². The van der Waals surface area contributed by atoms with Gasteiger partial charge in [-0.15, -0.1) is 0 Å². The lowest BCUT2D eigenvalue weighted by Crippen LogP contribution is -2.13. The van der Waals surface area contributed by atoms with Gasteiger partial charge in [-0.05, 0) is 40.8 Å². The van der Waals surface area contributed by atoms with Crippen LogP contribution < -0.4 is 5.73 Å². The summed E-state index contributed by atoms with van der Waals surface area (Å²) in [5, 5.41) is 9.43. The van der Waals surface area contributed by atoms with Crippen molar-refractivity contribution in [1.29, 1.82) is 0 Å². The quantitative estimate of drug-likeness (QED) is 0.817. The van der Waals surface area contributed by atoms with Crippen LogP contribution in [0.2, 0.25) is 0 Å². The van der Waals surface area contributed by atoms with Gasteiger partial charge in [0.25, 0.3) is 0 Å². The summed E-state index contributed by atoms with van der Waals surface area (Å²) in [6, 6.07) is 0.924. The number of rotatable bonds is 2. The number of benzene rings is 1. The zero-order chi connectivity index (χ0) is 11.2. The Kier molecular flexibility index (Phi) is 2.68. The van der Waals surface area contributed by atoms with Gasteiger partial charge in [0.1, 0.15) is 0 Å². The SMILES string of the molecule is N[C@@H](c1cc(Br)c(F)c(F)c1O)C1CC1. The van der Waals surface area contributed by atoms with E-state index in [1.807, 2.05) is 0 Å². The van der Waals surface area contributed by atoms with Crippen LogP contribution in [0.5, 0.6) is 5.75 Å². The van der Waals surface area contributed by atoms with Crippen molar-refractivity contribution in [3.8, 4) is 5.75 Å². The summed E-state index contributed by atoms with van der Waals surface area (Å²) in [6.07, 6.45) is 1.94. The van der Waals surface area contributed by atoms with Crippen molar-refractivity contribution >= 4 is 15.9 Å². The van der Waals surface area contributed by atoms with Crippen LogP contribution >= 0.6 is 15.9 Å². The summed E-state index contributed by atoms with van der Waals surface area (Å²) in [5.74, 6) is -2.72. The zero-order valence-electron chi connectivity index (χ0n) is 7.80. The Labute approximate surface area is 94.2 Å². The predicted octanol–water partition coefficient (Wildman–Crippen LogP) is 2.84. The normalized spacial score (nSPS) is 17.9. The first kappa shape index (κ1) is 10.8. The molecule has 1 aromatic rings. The topological polar surface area (TPSA) is 46.2 Å². The molecule has 1 atom stereocenters. The monoisotopic (exact) mass is 277 g/mol. The van der Waals surface area contributed by atoms with Gasteiger partial charge in [0, 0.05) is 11.6 Å². The second-order valence-electron chi connectivity index (χ2n) is 3.79. The molecule has 1 aromatic carbocycles. The van der Waals surface area contributed by atoms with E-state index in [4.69, 9.17) is 5.73 Å². The summed E-state index contributed by atoms with van der Waals surface area (Å²) < 4.78 is 26.2. The van der Waals surface area contributed by atoms with Crippen molar-refractivity contribution in [3.63, 3.8) is 0 Å². The Morgan fingerprint density at radius 3 is 2.53 bits per heavy atom. The Balaban J connectivity index is 2.46. The molecular weight excluding hydrogens is 268 g/mol. The second kappa shape index (κ2) is 3.72. The fraction of sp³-hybridized carbons (Fsp3) is 0.400. The number of phenolic OH excluding ortho intramolecular Hbond substituents is 1. The lowest BCUT2D eigenvalue weighted by Gasteiger charge is -2.14. The van der Waals surface area contributed by atoms with Gasteiger partial charge in [-0.25, -0.2) is 4.39 Å². The molecular formula is C10H10BrF2NO. The lowest BCUT2D eigenvalue weighted by atomic mass is 10.0. The van der Waals surface area contributed by atoms with Crippen molar-refractivity contribution in [1.82, 2.24) is 0 Å². The minimum atomic E-state index is -1.24. The van der Waals surface area contributed by atoms with Crippen LogP contribution in [0, 0.1) is 17.6 Å². The number of aromatic hydroxyl groups is 1. The Morgan fingerprint density at radius 1 is 1.40 bits per heavy atom. The Morgan fingerprint density at radius 2 is 2.00 bits per heavy atom. The summed E-state index contributed by atoms with van der Waals surface area (Å²) in [4.78, 5) is 0. The molecule has 1 fully saturated rings. The first-order chi connectivity index (χ1) is 7.02. The van der Waals surface area contributed by atoms with E-state index in [0.29, 0.717) is 0 Å². The van der Waals surface area contributed by atoms with Gasteiger partial charge in [0.05, 0.1) is 4.47 Å². The molecule has 1 aliphatic rings. The molecule has 2 rings (SSSR count). The summed E-state index contributed by atoms with van der Waals surface area (Å²) in [7, 11) is 0. The van der Waals surface area contributed by atoms with Gasteiger partial charge in [-0.1, -0.05) is 0 Å². The molecule has 0 aliphatic heterocycles. The first-order valence-corrected chi connectivity index (χ1v) is 5.43. The summed E-state index contributed by atoms with van der Waals surface area (Å²) in [5.41, 5.74) is 6.09. The van der Waals surface area contributed by atoms with Crippen molar-refractivity contribution < 1.29 is 13.9 Å². The molecule has 0 bridgehead atoms. The molecule has 0 heterocycles. The average molecular weight is 278 g/mol. The minimum absolute atomic E-state index is 0.0103. The largest absolute Gasteiger partial charge is 0.505 e. The molecule has 0 amide bonds. The number of nitrogens with two attached hydrogens (primary N) is 1. The van der Waals surface area contributed by atoms with Crippen molar-refractivity contribution in [2.75, 3.05) is 0 Å². The molecule has 0 aromatic heterocycles. The highest BCUT2D eigenvalue weighted by Crippen LogP contribution is 2.43. The summed E-state index contributed by atoms with van der Waals surface area (Å²) in [6.45, 7) is 0. The van der Waals surface area contributed by atoms with Gasteiger partial charge >= 0.3 is 0 Å². The highest BCUT2D eigenvalue weighted by molar-refractivity contribution is 9.10. The first-order valence-electron chi connectivity index (χ1n) is 4.64. The third-order valence-corrected chi connectivity index (χ3v) is 3.23. The predicted molar refractivity (Wildman–Crippen MR) is 55.4 cm³/mol. The zero-order valence-corrected chi connectivity index (χ0v) is 9.39. The number of hydrogen-bond donors (Lipinski definition) is 2. The maximum absolute atomic E-state index is 13.2. The van der Waals surface area contributed by atoms with Crippen LogP contribution in [0.1, 0.15) is 24.4 Å². The van der Waals surface area contributed by atoms with E-state index in [9.17, 15) is 13.9 Å². The second-order valence-corrected chi connectivity index (χ2v) is 4.64. The smallest absolute Gasteiger partial charge is 0.201 e. The van der Waals surface area contributed by atoms with Gasteiger partial charge in [0.2, 0.25) is 5.82 Å². The molecule has 0 radical (unpaired) electrons. The molecule has 0 unspecified atom stereocenters. The molecule has 1 saturated carbocycles. The van der Waals surface area contributed by atoms with Crippen molar-refractivity contribution in [3.05, 3.63) is 27.7 Å². The van der Waals surface area contributed by atoms with E-state index in [1.165, 1.54) is 6.07 Å². The fourth-order valence-electron chi connectivity index (χ4n) is 1.57. The minimum Gasteiger partial charge on any atom is -0.505 e. The number of halogens is 3. The molecule has 5 heteroatoms. The van der Waals surface area contributed by atoms with Crippen LogP contribution in [-0.4, -0.2) is 5.11 Å². The Bertz CT molecular complexity index is 407. The maximum Gasteiger partial charge on any atom is 0.201 e. The molecule has 2 nitrogen and oxygen atoms in total. The molecule has 15 heavy (non-hydrogen) atoms. The van der Waals surface area contributed by atoms with Crippen LogP contribution in [0.25, 0.3) is 0 Å². The number of hydrogen-bond acceptors (Lipinski definition) is 2. The van der Waals surface area contributed by atoms with E-state index in [2.05, 4.69) is 15.9 Å². The van der Waals surface area contributed by atoms with Gasteiger partial charge in [-0.3, -0.25) is 0 Å². The van der Waals surface area contributed by atoms with E-state index < -0.39 is 23.4 Å². The number of phenols is 1. The highest BCUT2D eigenvalue weighted by atomic mass is 79.9. The third-order valence-electron chi connectivity index (χ3n) is 2.65. The van der Waals surface area contributed by atoms with Gasteiger partial charge in [-0.2, -0.15) is 4.39 Å². The van der Waals surface area contributed by atoms with Crippen molar-refractivity contribution in [2.24, 2.45) is 11.7 Å². The Hall–Kier alpha value is -0.680. The molecule has 3 N–H and O–H groups in total. The maximum atomic E-state index is 13.2. The molecule has 1 aliphatic carbocycles. The molecule has 82 valence electrons. The molecule has 0 saturated heterocycles. The van der Waals surface area contributed by atoms with Crippen LogP contribution in [-0.2, 0) is 0 Å². The van der Waals surface area contributed by atoms with Gasteiger partial charge < -0.3 is 10.8 Å². The van der Waals surface area contributed by atoms with Crippen molar-refractivity contribution in [2.45, 2.75) is 18.9 Å². The third kappa shape index (κ3) is 1.86. The lowest BCUT2D eigenvalue weighted by molar-refractivity contribution is 0.392.